The van der Waals surface area contributed by atoms with Gasteiger partial charge in [-0.1, -0.05) is 17.7 Å². The van der Waals surface area contributed by atoms with Crippen molar-refractivity contribution >= 4 is 29.1 Å². The van der Waals surface area contributed by atoms with Crippen LogP contribution in [0, 0.1) is 0 Å². The van der Waals surface area contributed by atoms with E-state index in [1.165, 1.54) is 0 Å². The number of pyridine rings is 1. The molecule has 0 fully saturated rings. The van der Waals surface area contributed by atoms with Crippen LogP contribution in [0.2, 0.25) is 5.02 Å². The summed E-state index contributed by atoms with van der Waals surface area (Å²) in [5, 5.41) is 15.9. The molecule has 0 aliphatic heterocycles. The molecule has 0 spiro atoms. The van der Waals surface area contributed by atoms with Crippen molar-refractivity contribution in [2.75, 3.05) is 23.8 Å². The van der Waals surface area contributed by atoms with Gasteiger partial charge in [-0.05, 0) is 42.8 Å². The molecule has 0 unspecified atom stereocenters. The highest BCUT2D eigenvalue weighted by atomic mass is 35.5. The molecule has 0 atom stereocenters. The summed E-state index contributed by atoms with van der Waals surface area (Å²) in [7, 11) is 0. The Morgan fingerprint density at radius 2 is 1.96 bits per heavy atom. The monoisotopic (exact) mass is 355 g/mol. The number of hydrogen-bond acceptors (Lipinski definition) is 6. The Balaban J connectivity index is 1.84. The van der Waals surface area contributed by atoms with E-state index in [4.69, 9.17) is 16.7 Å². The fourth-order valence-corrected chi connectivity index (χ4v) is 2.49. The van der Waals surface area contributed by atoms with Gasteiger partial charge in [0.2, 0.25) is 5.95 Å². The number of aliphatic hydroxyl groups excluding tert-OH is 1. The maximum absolute atomic E-state index is 8.93. The molecule has 2 heterocycles. The number of nitrogens with one attached hydrogen (secondary N) is 2. The molecule has 3 N–H and O–H groups in total. The lowest BCUT2D eigenvalue weighted by Gasteiger charge is -2.11. The summed E-state index contributed by atoms with van der Waals surface area (Å²) >= 11 is 6.00. The van der Waals surface area contributed by atoms with Crippen molar-refractivity contribution in [2.24, 2.45) is 0 Å². The van der Waals surface area contributed by atoms with E-state index in [-0.39, 0.29) is 6.61 Å². The van der Waals surface area contributed by atoms with E-state index in [1.807, 2.05) is 42.5 Å². The van der Waals surface area contributed by atoms with Crippen molar-refractivity contribution in [2.45, 2.75) is 6.42 Å². The van der Waals surface area contributed by atoms with Gasteiger partial charge in [0.05, 0.1) is 5.69 Å². The van der Waals surface area contributed by atoms with Crippen molar-refractivity contribution < 1.29 is 5.11 Å². The van der Waals surface area contributed by atoms with Crippen LogP contribution >= 0.6 is 11.6 Å². The maximum atomic E-state index is 8.93. The van der Waals surface area contributed by atoms with E-state index in [2.05, 4.69) is 25.6 Å². The molecule has 6 nitrogen and oxygen atoms in total. The van der Waals surface area contributed by atoms with Gasteiger partial charge in [-0.25, -0.2) is 15.0 Å². The molecule has 7 heteroatoms. The number of nitrogens with zero attached hydrogens (tertiary/aromatic N) is 3. The lowest BCUT2D eigenvalue weighted by Crippen LogP contribution is -2.07. The minimum atomic E-state index is 0.135. The first-order valence-corrected chi connectivity index (χ1v) is 8.30. The molecule has 2 aromatic heterocycles. The van der Waals surface area contributed by atoms with Crippen LogP contribution in [0.4, 0.5) is 17.5 Å². The molecule has 3 aromatic rings. The first kappa shape index (κ1) is 17.1. The lowest BCUT2D eigenvalue weighted by molar-refractivity contribution is 0.292. The first-order valence-electron chi connectivity index (χ1n) is 7.92. The van der Waals surface area contributed by atoms with Crippen LogP contribution in [-0.2, 0) is 0 Å². The number of hydrogen-bond donors (Lipinski definition) is 3. The third-order valence-corrected chi connectivity index (χ3v) is 3.68. The molecule has 0 saturated heterocycles. The van der Waals surface area contributed by atoms with Crippen molar-refractivity contribution in [3.05, 3.63) is 59.9 Å². The van der Waals surface area contributed by atoms with Gasteiger partial charge in [0.25, 0.3) is 0 Å². The van der Waals surface area contributed by atoms with Crippen molar-refractivity contribution in [1.29, 1.82) is 0 Å². The van der Waals surface area contributed by atoms with Gasteiger partial charge in [-0.2, -0.15) is 0 Å². The summed E-state index contributed by atoms with van der Waals surface area (Å²) in [4.78, 5) is 13.2. The third-order valence-electron chi connectivity index (χ3n) is 3.45. The van der Waals surface area contributed by atoms with E-state index >= 15 is 0 Å². The Bertz CT molecular complexity index is 843. The predicted molar refractivity (Wildman–Crippen MR) is 100 cm³/mol. The van der Waals surface area contributed by atoms with Crippen molar-refractivity contribution in [3.63, 3.8) is 0 Å². The highest BCUT2D eigenvalue weighted by molar-refractivity contribution is 6.30. The average Bonchev–Trinajstić information content (AvgIpc) is 2.63. The summed E-state index contributed by atoms with van der Waals surface area (Å²) in [5.74, 6) is 1.20. The Morgan fingerprint density at radius 3 is 2.80 bits per heavy atom. The molecular formula is C18H18ClN5O. The molecule has 0 aliphatic rings. The zero-order valence-electron chi connectivity index (χ0n) is 13.5. The standard InChI is InChI=1S/C18H18ClN5O/c19-13-4-1-5-14(12-13)23-18-22-10-7-16(24-18)15-6-2-8-20-17(15)21-9-3-11-25/h1-2,4-8,10,12,25H,3,9,11H2,(H,20,21)(H,22,23,24). The Labute approximate surface area is 150 Å². The summed E-state index contributed by atoms with van der Waals surface area (Å²) in [6.45, 7) is 0.773. The molecule has 3 rings (SSSR count). The molecule has 0 bridgehead atoms. The second kappa shape index (κ2) is 8.41. The largest absolute Gasteiger partial charge is 0.396 e. The van der Waals surface area contributed by atoms with Crippen LogP contribution in [-0.4, -0.2) is 33.2 Å². The Morgan fingerprint density at radius 1 is 1.04 bits per heavy atom. The van der Waals surface area contributed by atoms with Gasteiger partial charge < -0.3 is 15.7 Å². The molecular weight excluding hydrogens is 338 g/mol. The van der Waals surface area contributed by atoms with Gasteiger partial charge in [-0.3, -0.25) is 0 Å². The quantitative estimate of drug-likeness (QED) is 0.560. The van der Waals surface area contributed by atoms with E-state index in [9.17, 15) is 0 Å². The first-order chi connectivity index (χ1) is 12.3. The minimum Gasteiger partial charge on any atom is -0.396 e. The molecule has 0 radical (unpaired) electrons. The fourth-order valence-electron chi connectivity index (χ4n) is 2.30. The van der Waals surface area contributed by atoms with Gasteiger partial charge in [0.1, 0.15) is 5.82 Å². The predicted octanol–water partition coefficient (Wildman–Crippen LogP) is 3.73. The zero-order valence-corrected chi connectivity index (χ0v) is 14.2. The van der Waals surface area contributed by atoms with Gasteiger partial charge in [0, 0.05) is 41.8 Å². The number of rotatable bonds is 7. The maximum Gasteiger partial charge on any atom is 0.227 e. The van der Waals surface area contributed by atoms with Crippen LogP contribution in [0.3, 0.4) is 0 Å². The molecule has 0 aliphatic carbocycles. The normalized spacial score (nSPS) is 10.5. The van der Waals surface area contributed by atoms with Gasteiger partial charge >= 0.3 is 0 Å². The van der Waals surface area contributed by atoms with Crippen LogP contribution in [0.1, 0.15) is 6.42 Å². The van der Waals surface area contributed by atoms with Crippen LogP contribution in [0.15, 0.2) is 54.9 Å². The third kappa shape index (κ3) is 4.65. The number of benzene rings is 1. The molecule has 0 amide bonds. The van der Waals surface area contributed by atoms with Crippen LogP contribution in [0.5, 0.6) is 0 Å². The zero-order chi connectivity index (χ0) is 17.5. The van der Waals surface area contributed by atoms with Crippen LogP contribution < -0.4 is 10.6 Å². The molecule has 0 saturated carbocycles. The summed E-state index contributed by atoms with van der Waals surface area (Å²) in [5.41, 5.74) is 2.44. The second-order valence-corrected chi connectivity index (χ2v) is 5.74. The number of anilines is 3. The van der Waals surface area contributed by atoms with E-state index < -0.39 is 0 Å². The average molecular weight is 356 g/mol. The minimum absolute atomic E-state index is 0.135. The topological polar surface area (TPSA) is 83.0 Å². The van der Waals surface area contributed by atoms with Gasteiger partial charge in [0.15, 0.2) is 0 Å². The summed E-state index contributed by atoms with van der Waals surface area (Å²) < 4.78 is 0. The van der Waals surface area contributed by atoms with E-state index in [0.29, 0.717) is 23.9 Å². The SMILES string of the molecule is OCCCNc1ncccc1-c1ccnc(Nc2cccc(Cl)c2)n1. The van der Waals surface area contributed by atoms with Crippen molar-refractivity contribution in [3.8, 4) is 11.3 Å². The van der Waals surface area contributed by atoms with E-state index in [0.717, 1.165) is 22.8 Å². The number of halogens is 1. The smallest absolute Gasteiger partial charge is 0.227 e. The Kier molecular flexibility index (Phi) is 5.77. The summed E-state index contributed by atoms with van der Waals surface area (Å²) in [6.07, 6.45) is 4.07. The molecule has 25 heavy (non-hydrogen) atoms. The van der Waals surface area contributed by atoms with Gasteiger partial charge in [-0.15, -0.1) is 0 Å². The Hall–Kier alpha value is -2.70. The highest BCUT2D eigenvalue weighted by Crippen LogP contribution is 2.25. The van der Waals surface area contributed by atoms with Crippen molar-refractivity contribution in [1.82, 2.24) is 15.0 Å². The lowest BCUT2D eigenvalue weighted by atomic mass is 10.2. The molecule has 128 valence electrons. The molecule has 1 aromatic carbocycles. The van der Waals surface area contributed by atoms with E-state index in [1.54, 1.807) is 12.4 Å². The highest BCUT2D eigenvalue weighted by Gasteiger charge is 2.09. The van der Waals surface area contributed by atoms with Crippen LogP contribution in [0.25, 0.3) is 11.3 Å². The fraction of sp³-hybridized carbons (Fsp3) is 0.167. The number of aliphatic hydroxyl groups is 1. The second-order valence-electron chi connectivity index (χ2n) is 5.30. The summed E-state index contributed by atoms with van der Waals surface area (Å²) in [6, 6.07) is 13.0. The number of aromatic nitrogens is 3.